The summed E-state index contributed by atoms with van der Waals surface area (Å²) in [6.07, 6.45) is 0.100. The number of rotatable bonds is 5. The molecule has 0 aromatic carbocycles. The zero-order chi connectivity index (χ0) is 15.4. The number of esters is 1. The number of carbonyl (C=O) groups excluding carboxylic acids is 2. The summed E-state index contributed by atoms with van der Waals surface area (Å²) >= 11 is 1.26. The number of carbonyl (C=O) groups is 2. The number of hydrogen-bond donors (Lipinski definition) is 1. The van der Waals surface area contributed by atoms with E-state index in [0.717, 1.165) is 5.69 Å². The van der Waals surface area contributed by atoms with Crippen molar-refractivity contribution in [2.45, 2.75) is 20.3 Å². The van der Waals surface area contributed by atoms with E-state index in [0.29, 0.717) is 23.1 Å². The molecule has 0 unspecified atom stereocenters. The quantitative estimate of drug-likeness (QED) is 0.847. The van der Waals surface area contributed by atoms with Crippen LogP contribution in [-0.2, 0) is 23.0 Å². The lowest BCUT2D eigenvalue weighted by molar-refractivity contribution is -0.142. The standard InChI is InChI=1S/C13H16N4O3S/c1-4-20-11(18)6-9-7-21-13(14-9)15-12(19)10-5-8(2)17(3)16-10/h5,7H,4,6H2,1-3H3,(H,14,15,19). The van der Waals surface area contributed by atoms with E-state index in [2.05, 4.69) is 15.4 Å². The Kier molecular flexibility index (Phi) is 4.69. The van der Waals surface area contributed by atoms with Crippen LogP contribution >= 0.6 is 11.3 Å². The maximum atomic E-state index is 12.0. The number of ether oxygens (including phenoxy) is 1. The molecular formula is C13H16N4O3S. The second-order valence-electron chi connectivity index (χ2n) is 4.37. The zero-order valence-corrected chi connectivity index (χ0v) is 12.9. The third-order valence-electron chi connectivity index (χ3n) is 2.75. The molecular weight excluding hydrogens is 292 g/mol. The van der Waals surface area contributed by atoms with E-state index in [1.165, 1.54) is 11.3 Å². The van der Waals surface area contributed by atoms with Gasteiger partial charge in [-0.25, -0.2) is 4.98 Å². The first-order valence-corrected chi connectivity index (χ1v) is 7.29. The number of aryl methyl sites for hydroxylation is 2. The van der Waals surface area contributed by atoms with Crippen LogP contribution < -0.4 is 5.32 Å². The van der Waals surface area contributed by atoms with Gasteiger partial charge in [-0.15, -0.1) is 11.3 Å². The van der Waals surface area contributed by atoms with Gasteiger partial charge in [0.25, 0.3) is 5.91 Å². The van der Waals surface area contributed by atoms with E-state index in [9.17, 15) is 9.59 Å². The lowest BCUT2D eigenvalue weighted by Gasteiger charge is -1.99. The van der Waals surface area contributed by atoms with Crippen LogP contribution in [0.15, 0.2) is 11.4 Å². The SMILES string of the molecule is CCOC(=O)Cc1csc(NC(=O)c2cc(C)n(C)n2)n1. The summed E-state index contributed by atoms with van der Waals surface area (Å²) in [5.41, 5.74) is 1.80. The molecule has 0 saturated carbocycles. The first-order chi connectivity index (χ1) is 9.99. The third kappa shape index (κ3) is 3.88. The molecule has 0 radical (unpaired) electrons. The van der Waals surface area contributed by atoms with Crippen molar-refractivity contribution in [2.75, 3.05) is 11.9 Å². The Bertz CT molecular complexity index is 643. The van der Waals surface area contributed by atoms with Gasteiger partial charge >= 0.3 is 5.97 Å². The maximum Gasteiger partial charge on any atom is 0.311 e. The molecule has 7 nitrogen and oxygen atoms in total. The molecule has 0 bridgehead atoms. The number of nitrogens with zero attached hydrogens (tertiary/aromatic N) is 3. The van der Waals surface area contributed by atoms with E-state index in [-0.39, 0.29) is 18.3 Å². The molecule has 8 heteroatoms. The van der Waals surface area contributed by atoms with Gasteiger partial charge in [-0.3, -0.25) is 19.6 Å². The van der Waals surface area contributed by atoms with E-state index in [1.54, 1.807) is 30.1 Å². The fourth-order valence-corrected chi connectivity index (χ4v) is 2.34. The average Bonchev–Trinajstić information content (AvgIpc) is 2.98. The Balaban J connectivity index is 1.99. The normalized spacial score (nSPS) is 10.4. The Morgan fingerprint density at radius 2 is 2.24 bits per heavy atom. The van der Waals surface area contributed by atoms with Crippen LogP contribution in [0.3, 0.4) is 0 Å². The van der Waals surface area contributed by atoms with Crippen LogP contribution in [0.2, 0.25) is 0 Å². The lowest BCUT2D eigenvalue weighted by Crippen LogP contribution is -2.13. The van der Waals surface area contributed by atoms with Gasteiger partial charge in [-0.1, -0.05) is 0 Å². The Morgan fingerprint density at radius 1 is 1.48 bits per heavy atom. The summed E-state index contributed by atoms with van der Waals surface area (Å²) in [5.74, 6) is -0.656. The zero-order valence-electron chi connectivity index (χ0n) is 12.0. The molecule has 2 aromatic heterocycles. The molecule has 0 aliphatic rings. The maximum absolute atomic E-state index is 12.0. The van der Waals surface area contributed by atoms with Crippen molar-refractivity contribution in [1.82, 2.24) is 14.8 Å². The van der Waals surface area contributed by atoms with Crippen LogP contribution in [0.5, 0.6) is 0 Å². The van der Waals surface area contributed by atoms with Crippen LogP contribution in [0, 0.1) is 6.92 Å². The summed E-state index contributed by atoms with van der Waals surface area (Å²) in [6.45, 7) is 3.95. The monoisotopic (exact) mass is 308 g/mol. The Labute approximate surface area is 125 Å². The minimum atomic E-state index is -0.332. The van der Waals surface area contributed by atoms with Gasteiger partial charge in [0.15, 0.2) is 10.8 Å². The number of aromatic nitrogens is 3. The number of hydrogen-bond acceptors (Lipinski definition) is 6. The highest BCUT2D eigenvalue weighted by Crippen LogP contribution is 2.17. The lowest BCUT2D eigenvalue weighted by atomic mass is 10.3. The molecule has 0 spiro atoms. The van der Waals surface area contributed by atoms with Crippen molar-refractivity contribution < 1.29 is 14.3 Å². The van der Waals surface area contributed by atoms with Gasteiger partial charge < -0.3 is 4.74 Å². The van der Waals surface area contributed by atoms with Crippen LogP contribution in [-0.4, -0.2) is 33.2 Å². The van der Waals surface area contributed by atoms with Crippen molar-refractivity contribution in [3.8, 4) is 0 Å². The number of anilines is 1. The van der Waals surface area contributed by atoms with Gasteiger partial charge in [0.1, 0.15) is 0 Å². The van der Waals surface area contributed by atoms with Crippen LogP contribution in [0.4, 0.5) is 5.13 Å². The number of nitrogens with one attached hydrogen (secondary N) is 1. The van der Waals surface area contributed by atoms with Crippen molar-refractivity contribution in [3.05, 3.63) is 28.5 Å². The van der Waals surface area contributed by atoms with Crippen molar-refractivity contribution in [1.29, 1.82) is 0 Å². The van der Waals surface area contributed by atoms with E-state index in [4.69, 9.17) is 4.74 Å². The van der Waals surface area contributed by atoms with E-state index < -0.39 is 0 Å². The van der Waals surface area contributed by atoms with Gasteiger partial charge in [-0.05, 0) is 19.9 Å². The average molecular weight is 308 g/mol. The fraction of sp³-hybridized carbons (Fsp3) is 0.385. The summed E-state index contributed by atoms with van der Waals surface area (Å²) < 4.78 is 6.47. The molecule has 2 heterocycles. The molecule has 0 aliphatic heterocycles. The molecule has 0 fully saturated rings. The van der Waals surface area contributed by atoms with Gasteiger partial charge in [0.05, 0.1) is 18.7 Å². The summed E-state index contributed by atoms with van der Waals surface area (Å²) in [6, 6.07) is 1.70. The predicted octanol–water partition coefficient (Wildman–Crippen LogP) is 1.54. The number of amides is 1. The topological polar surface area (TPSA) is 86.1 Å². The first-order valence-electron chi connectivity index (χ1n) is 6.41. The summed E-state index contributed by atoms with van der Waals surface area (Å²) in [4.78, 5) is 27.5. The second kappa shape index (κ2) is 6.49. The molecule has 0 atom stereocenters. The van der Waals surface area contributed by atoms with E-state index in [1.807, 2.05) is 6.92 Å². The molecule has 21 heavy (non-hydrogen) atoms. The van der Waals surface area contributed by atoms with Gasteiger partial charge in [0.2, 0.25) is 0 Å². The van der Waals surface area contributed by atoms with Crippen molar-refractivity contribution in [2.24, 2.45) is 7.05 Å². The number of thiazole rings is 1. The summed E-state index contributed by atoms with van der Waals surface area (Å²) in [5, 5.41) is 8.91. The molecule has 112 valence electrons. The largest absolute Gasteiger partial charge is 0.466 e. The third-order valence-corrected chi connectivity index (χ3v) is 3.56. The molecule has 2 rings (SSSR count). The minimum Gasteiger partial charge on any atom is -0.466 e. The second-order valence-corrected chi connectivity index (χ2v) is 5.23. The highest BCUT2D eigenvalue weighted by atomic mass is 32.1. The van der Waals surface area contributed by atoms with E-state index >= 15 is 0 Å². The van der Waals surface area contributed by atoms with Crippen LogP contribution in [0.1, 0.15) is 28.8 Å². The highest BCUT2D eigenvalue weighted by Gasteiger charge is 2.14. The minimum absolute atomic E-state index is 0.100. The smallest absolute Gasteiger partial charge is 0.311 e. The molecule has 0 aliphatic carbocycles. The molecule has 1 amide bonds. The highest BCUT2D eigenvalue weighted by molar-refractivity contribution is 7.14. The Hall–Kier alpha value is -2.22. The van der Waals surface area contributed by atoms with Gasteiger partial charge in [0, 0.05) is 18.1 Å². The first kappa shape index (κ1) is 15.2. The fourth-order valence-electron chi connectivity index (χ4n) is 1.64. The Morgan fingerprint density at radius 3 is 2.86 bits per heavy atom. The van der Waals surface area contributed by atoms with Crippen molar-refractivity contribution in [3.63, 3.8) is 0 Å². The predicted molar refractivity (Wildman–Crippen MR) is 78.3 cm³/mol. The molecule has 2 aromatic rings. The van der Waals surface area contributed by atoms with Crippen LogP contribution in [0.25, 0.3) is 0 Å². The van der Waals surface area contributed by atoms with Crippen molar-refractivity contribution >= 4 is 28.3 Å². The summed E-state index contributed by atoms with van der Waals surface area (Å²) in [7, 11) is 1.77. The molecule has 0 saturated heterocycles. The van der Waals surface area contributed by atoms with Gasteiger partial charge in [-0.2, -0.15) is 5.10 Å². The molecule has 1 N–H and O–H groups in total.